The summed E-state index contributed by atoms with van der Waals surface area (Å²) in [6.07, 6.45) is 2.05. The van der Waals surface area contributed by atoms with Gasteiger partial charge < -0.3 is 11.1 Å². The number of fused-ring (bicyclic) bond motifs is 1. The number of nitrogens with one attached hydrogen (secondary N) is 1. The Hall–Kier alpha value is -1.63. The first-order valence-electron chi connectivity index (χ1n) is 6.51. The third kappa shape index (κ3) is 3.47. The molecule has 0 atom stereocenters. The van der Waals surface area contributed by atoms with Crippen molar-refractivity contribution in [2.45, 2.75) is 26.8 Å². The lowest BCUT2D eigenvalue weighted by atomic mass is 10.2. The Morgan fingerprint density at radius 3 is 3.00 bits per heavy atom. The Kier molecular flexibility index (Phi) is 4.59. The summed E-state index contributed by atoms with van der Waals surface area (Å²) in [6.45, 7) is 5.28. The SMILES string of the molecule is CC(C)CNC(=O)CCn1c(N)nc2cc(Br)cnc21. The van der Waals surface area contributed by atoms with Crippen LogP contribution >= 0.6 is 15.9 Å². The van der Waals surface area contributed by atoms with E-state index in [0.29, 0.717) is 37.0 Å². The molecule has 0 spiro atoms. The van der Waals surface area contributed by atoms with Crippen molar-refractivity contribution in [3.8, 4) is 0 Å². The number of hydrogen-bond donors (Lipinski definition) is 2. The van der Waals surface area contributed by atoms with Gasteiger partial charge in [0.2, 0.25) is 11.9 Å². The van der Waals surface area contributed by atoms with Gasteiger partial charge in [-0.25, -0.2) is 9.97 Å². The summed E-state index contributed by atoms with van der Waals surface area (Å²) in [5.41, 5.74) is 7.30. The number of amides is 1. The minimum atomic E-state index is 0.0112. The van der Waals surface area contributed by atoms with E-state index < -0.39 is 0 Å². The standard InChI is InChI=1S/C13H18BrN5O/c1-8(2)6-16-11(20)3-4-19-12-10(18-13(19)15)5-9(14)7-17-12/h5,7-8H,3-4,6H2,1-2H3,(H2,15,18)(H,16,20). The molecule has 3 N–H and O–H groups in total. The van der Waals surface area contributed by atoms with Crippen molar-refractivity contribution >= 4 is 38.9 Å². The molecule has 20 heavy (non-hydrogen) atoms. The summed E-state index contributed by atoms with van der Waals surface area (Å²) >= 11 is 3.35. The number of halogens is 1. The Labute approximate surface area is 125 Å². The first kappa shape index (κ1) is 14.8. The molecule has 0 saturated heterocycles. The quantitative estimate of drug-likeness (QED) is 0.871. The van der Waals surface area contributed by atoms with Gasteiger partial charge in [-0.2, -0.15) is 0 Å². The Balaban J connectivity index is 2.06. The fourth-order valence-corrected chi connectivity index (χ4v) is 2.16. The van der Waals surface area contributed by atoms with Crippen molar-refractivity contribution in [1.29, 1.82) is 0 Å². The summed E-state index contributed by atoms with van der Waals surface area (Å²) in [7, 11) is 0. The lowest BCUT2D eigenvalue weighted by Crippen LogP contribution is -2.28. The molecule has 7 heteroatoms. The van der Waals surface area contributed by atoms with E-state index >= 15 is 0 Å². The van der Waals surface area contributed by atoms with Gasteiger partial charge in [0, 0.05) is 30.2 Å². The van der Waals surface area contributed by atoms with Crippen molar-refractivity contribution in [3.05, 3.63) is 16.7 Å². The molecular formula is C13H18BrN5O. The predicted molar refractivity (Wildman–Crippen MR) is 82.1 cm³/mol. The monoisotopic (exact) mass is 339 g/mol. The smallest absolute Gasteiger partial charge is 0.221 e. The molecule has 2 aromatic rings. The van der Waals surface area contributed by atoms with Crippen LogP contribution in [0.2, 0.25) is 0 Å². The van der Waals surface area contributed by atoms with Gasteiger partial charge in [-0.3, -0.25) is 9.36 Å². The van der Waals surface area contributed by atoms with Crippen LogP contribution in [-0.2, 0) is 11.3 Å². The van der Waals surface area contributed by atoms with Gasteiger partial charge in [0.05, 0.1) is 0 Å². The van der Waals surface area contributed by atoms with Gasteiger partial charge in [0.25, 0.3) is 0 Å². The van der Waals surface area contributed by atoms with E-state index in [2.05, 4.69) is 45.1 Å². The molecule has 2 aromatic heterocycles. The second kappa shape index (κ2) is 6.21. The van der Waals surface area contributed by atoms with Crippen LogP contribution in [0.1, 0.15) is 20.3 Å². The molecule has 0 bridgehead atoms. The number of aromatic nitrogens is 3. The van der Waals surface area contributed by atoms with E-state index in [1.54, 1.807) is 10.8 Å². The van der Waals surface area contributed by atoms with Crippen molar-refractivity contribution < 1.29 is 4.79 Å². The molecule has 1 amide bonds. The maximum absolute atomic E-state index is 11.7. The van der Waals surface area contributed by atoms with Crippen molar-refractivity contribution in [1.82, 2.24) is 19.9 Å². The van der Waals surface area contributed by atoms with Gasteiger partial charge in [0.1, 0.15) is 5.52 Å². The number of nitrogens with two attached hydrogens (primary N) is 1. The molecule has 0 aliphatic carbocycles. The third-order valence-corrected chi connectivity index (χ3v) is 3.28. The number of rotatable bonds is 5. The zero-order valence-electron chi connectivity index (χ0n) is 11.6. The Morgan fingerprint density at radius 2 is 2.30 bits per heavy atom. The van der Waals surface area contributed by atoms with Crippen LogP contribution in [0.4, 0.5) is 5.95 Å². The summed E-state index contributed by atoms with van der Waals surface area (Å²) in [4.78, 5) is 20.3. The van der Waals surface area contributed by atoms with E-state index in [1.807, 2.05) is 6.07 Å². The highest BCUT2D eigenvalue weighted by atomic mass is 79.9. The van der Waals surface area contributed by atoms with Crippen LogP contribution in [-0.4, -0.2) is 27.0 Å². The normalized spacial score (nSPS) is 11.2. The number of aryl methyl sites for hydroxylation is 1. The maximum Gasteiger partial charge on any atom is 0.221 e. The van der Waals surface area contributed by atoms with Gasteiger partial charge in [-0.1, -0.05) is 13.8 Å². The maximum atomic E-state index is 11.7. The number of pyridine rings is 1. The summed E-state index contributed by atoms with van der Waals surface area (Å²) in [5, 5.41) is 2.88. The third-order valence-electron chi connectivity index (χ3n) is 2.85. The largest absolute Gasteiger partial charge is 0.369 e. The molecule has 0 aliphatic heterocycles. The lowest BCUT2D eigenvalue weighted by molar-refractivity contribution is -0.121. The van der Waals surface area contributed by atoms with Crippen molar-refractivity contribution in [2.75, 3.05) is 12.3 Å². The number of imidazole rings is 1. The van der Waals surface area contributed by atoms with E-state index in [-0.39, 0.29) is 5.91 Å². The number of carbonyl (C=O) groups excluding carboxylic acids is 1. The number of anilines is 1. The Bertz CT molecular complexity index is 622. The second-order valence-corrected chi connectivity index (χ2v) is 5.98. The first-order valence-corrected chi connectivity index (χ1v) is 7.30. The van der Waals surface area contributed by atoms with Crippen molar-refractivity contribution in [3.63, 3.8) is 0 Å². The van der Waals surface area contributed by atoms with Crippen LogP contribution in [0.25, 0.3) is 11.2 Å². The fourth-order valence-electron chi connectivity index (χ4n) is 1.84. The van der Waals surface area contributed by atoms with Crippen LogP contribution < -0.4 is 11.1 Å². The number of carbonyl (C=O) groups is 1. The molecule has 2 rings (SSSR count). The van der Waals surface area contributed by atoms with Gasteiger partial charge >= 0.3 is 0 Å². The van der Waals surface area contributed by atoms with E-state index in [0.717, 1.165) is 9.99 Å². The van der Waals surface area contributed by atoms with Gasteiger partial charge in [-0.05, 0) is 27.9 Å². The van der Waals surface area contributed by atoms with Crippen LogP contribution in [0, 0.1) is 5.92 Å². The molecular weight excluding hydrogens is 322 g/mol. The predicted octanol–water partition coefficient (Wildman–Crippen LogP) is 1.94. The molecule has 6 nitrogen and oxygen atoms in total. The number of nitrogen functional groups attached to an aromatic ring is 1. The molecule has 108 valence electrons. The van der Waals surface area contributed by atoms with Gasteiger partial charge in [-0.15, -0.1) is 0 Å². The average Bonchev–Trinajstić information content (AvgIpc) is 2.68. The molecule has 0 aromatic carbocycles. The highest BCUT2D eigenvalue weighted by molar-refractivity contribution is 9.10. The Morgan fingerprint density at radius 1 is 1.55 bits per heavy atom. The minimum Gasteiger partial charge on any atom is -0.369 e. The molecule has 0 fully saturated rings. The lowest BCUT2D eigenvalue weighted by Gasteiger charge is -2.09. The molecule has 0 saturated carbocycles. The summed E-state index contributed by atoms with van der Waals surface area (Å²) in [6, 6.07) is 1.86. The average molecular weight is 340 g/mol. The summed E-state index contributed by atoms with van der Waals surface area (Å²) in [5.74, 6) is 0.830. The molecule has 0 radical (unpaired) electrons. The summed E-state index contributed by atoms with van der Waals surface area (Å²) < 4.78 is 2.61. The molecule has 2 heterocycles. The van der Waals surface area contributed by atoms with Crippen LogP contribution in [0.15, 0.2) is 16.7 Å². The second-order valence-electron chi connectivity index (χ2n) is 5.07. The topological polar surface area (TPSA) is 85.8 Å². The fraction of sp³-hybridized carbons (Fsp3) is 0.462. The zero-order chi connectivity index (χ0) is 14.7. The number of nitrogens with zero attached hydrogens (tertiary/aromatic N) is 3. The first-order chi connectivity index (χ1) is 9.47. The minimum absolute atomic E-state index is 0.0112. The van der Waals surface area contributed by atoms with E-state index in [9.17, 15) is 4.79 Å². The molecule has 0 unspecified atom stereocenters. The highest BCUT2D eigenvalue weighted by Crippen LogP contribution is 2.19. The van der Waals surface area contributed by atoms with E-state index in [4.69, 9.17) is 5.73 Å². The van der Waals surface area contributed by atoms with Crippen molar-refractivity contribution in [2.24, 2.45) is 5.92 Å². The zero-order valence-corrected chi connectivity index (χ0v) is 13.1. The molecule has 0 aliphatic rings. The van der Waals surface area contributed by atoms with Crippen LogP contribution in [0.3, 0.4) is 0 Å². The van der Waals surface area contributed by atoms with Gasteiger partial charge in [0.15, 0.2) is 5.65 Å². The number of hydrogen-bond acceptors (Lipinski definition) is 4. The van der Waals surface area contributed by atoms with E-state index in [1.165, 1.54) is 0 Å². The highest BCUT2D eigenvalue weighted by Gasteiger charge is 2.11. The van der Waals surface area contributed by atoms with Crippen LogP contribution in [0.5, 0.6) is 0 Å².